The van der Waals surface area contributed by atoms with Crippen molar-refractivity contribution in [2.24, 2.45) is 0 Å². The minimum absolute atomic E-state index is 0.126. The molecular formula is C22H22ClN3O4. The van der Waals surface area contributed by atoms with Crippen molar-refractivity contribution in [1.82, 2.24) is 10.1 Å². The van der Waals surface area contributed by atoms with E-state index in [1.54, 1.807) is 69.5 Å². The molecule has 1 aromatic heterocycles. The zero-order valence-electron chi connectivity index (χ0n) is 16.9. The van der Waals surface area contributed by atoms with Crippen LogP contribution in [0.2, 0.25) is 5.02 Å². The summed E-state index contributed by atoms with van der Waals surface area (Å²) in [5, 5.41) is 7.26. The van der Waals surface area contributed by atoms with Crippen LogP contribution in [-0.4, -0.2) is 42.1 Å². The lowest BCUT2D eigenvalue weighted by Crippen LogP contribution is -2.38. The topological polar surface area (TPSA) is 84.7 Å². The van der Waals surface area contributed by atoms with Crippen LogP contribution in [0.4, 0.5) is 5.69 Å². The average molecular weight is 428 g/mol. The molecule has 1 N–H and O–H groups in total. The van der Waals surface area contributed by atoms with Crippen molar-refractivity contribution >= 4 is 29.1 Å². The second-order valence-electron chi connectivity index (χ2n) is 6.54. The minimum atomic E-state index is -0.355. The van der Waals surface area contributed by atoms with Gasteiger partial charge in [-0.15, -0.1) is 0 Å². The number of methoxy groups -OCH3 is 1. The fraction of sp³-hybridized carbons (Fsp3) is 0.227. The molecule has 0 bridgehead atoms. The van der Waals surface area contributed by atoms with Crippen LogP contribution in [0, 0.1) is 6.92 Å². The van der Waals surface area contributed by atoms with Crippen molar-refractivity contribution in [2.75, 3.05) is 25.5 Å². The molecule has 7 nitrogen and oxygen atoms in total. The molecule has 2 amide bonds. The van der Waals surface area contributed by atoms with E-state index in [9.17, 15) is 9.59 Å². The lowest BCUT2D eigenvalue weighted by molar-refractivity contribution is -0.116. The Morgan fingerprint density at radius 2 is 1.97 bits per heavy atom. The van der Waals surface area contributed by atoms with Crippen molar-refractivity contribution in [3.63, 3.8) is 0 Å². The number of nitrogens with one attached hydrogen (secondary N) is 1. The highest BCUT2D eigenvalue weighted by molar-refractivity contribution is 6.33. The first-order valence-corrected chi connectivity index (χ1v) is 9.76. The number of anilines is 1. The van der Waals surface area contributed by atoms with Crippen molar-refractivity contribution in [3.05, 3.63) is 64.9 Å². The second kappa shape index (κ2) is 9.45. The number of aryl methyl sites for hydroxylation is 1. The number of likely N-dealkylation sites (N-methyl/N-ethyl adjacent to an activating group) is 1. The molecule has 0 fully saturated rings. The number of benzene rings is 2. The summed E-state index contributed by atoms with van der Waals surface area (Å²) in [4.78, 5) is 27.2. The number of amides is 2. The first kappa shape index (κ1) is 21.4. The van der Waals surface area contributed by atoms with Gasteiger partial charge in [-0.1, -0.05) is 41.0 Å². The van der Waals surface area contributed by atoms with E-state index in [1.165, 1.54) is 4.90 Å². The quantitative estimate of drug-likeness (QED) is 0.603. The highest BCUT2D eigenvalue weighted by Gasteiger charge is 2.27. The minimum Gasteiger partial charge on any atom is -0.497 e. The highest BCUT2D eigenvalue weighted by Crippen LogP contribution is 2.31. The molecular weight excluding hydrogens is 406 g/mol. The lowest BCUT2D eigenvalue weighted by Gasteiger charge is -2.20. The van der Waals surface area contributed by atoms with E-state index in [0.717, 1.165) is 0 Å². The van der Waals surface area contributed by atoms with E-state index in [0.29, 0.717) is 45.6 Å². The Labute approximate surface area is 179 Å². The monoisotopic (exact) mass is 427 g/mol. The van der Waals surface area contributed by atoms with E-state index >= 15 is 0 Å². The zero-order valence-corrected chi connectivity index (χ0v) is 17.7. The smallest absolute Gasteiger partial charge is 0.260 e. The number of aromatic nitrogens is 1. The summed E-state index contributed by atoms with van der Waals surface area (Å²) in [5.41, 5.74) is 1.82. The fourth-order valence-electron chi connectivity index (χ4n) is 3.02. The van der Waals surface area contributed by atoms with Crippen molar-refractivity contribution in [2.45, 2.75) is 13.8 Å². The van der Waals surface area contributed by atoms with Crippen LogP contribution in [0.1, 0.15) is 23.0 Å². The van der Waals surface area contributed by atoms with Gasteiger partial charge in [0.15, 0.2) is 0 Å². The maximum atomic E-state index is 13.2. The molecule has 0 saturated carbocycles. The van der Waals surface area contributed by atoms with Gasteiger partial charge in [-0.05, 0) is 32.0 Å². The summed E-state index contributed by atoms with van der Waals surface area (Å²) >= 11 is 6.28. The van der Waals surface area contributed by atoms with E-state index in [4.69, 9.17) is 20.9 Å². The number of hydrogen-bond acceptors (Lipinski definition) is 5. The highest BCUT2D eigenvalue weighted by atomic mass is 35.5. The summed E-state index contributed by atoms with van der Waals surface area (Å²) in [5.74, 6) is 0.307. The van der Waals surface area contributed by atoms with E-state index in [-0.39, 0.29) is 18.4 Å². The Hall–Kier alpha value is -3.32. The molecule has 0 aliphatic carbocycles. The Morgan fingerprint density at radius 1 is 1.20 bits per heavy atom. The predicted octanol–water partition coefficient (Wildman–Crippen LogP) is 4.41. The van der Waals surface area contributed by atoms with Gasteiger partial charge < -0.3 is 19.5 Å². The SMILES string of the molecule is CCN(CC(=O)Nc1cccc(OC)c1)C(=O)c1c(-c2ccccc2Cl)noc1C. The third-order valence-electron chi connectivity index (χ3n) is 4.56. The molecule has 0 atom stereocenters. The first-order chi connectivity index (χ1) is 14.4. The van der Waals surface area contributed by atoms with E-state index in [1.807, 2.05) is 0 Å². The number of ether oxygens (including phenoxy) is 1. The van der Waals surface area contributed by atoms with Crippen LogP contribution in [0.15, 0.2) is 53.1 Å². The lowest BCUT2D eigenvalue weighted by atomic mass is 10.0. The zero-order chi connectivity index (χ0) is 21.7. The summed E-state index contributed by atoms with van der Waals surface area (Å²) in [6.45, 7) is 3.66. The summed E-state index contributed by atoms with van der Waals surface area (Å²) in [7, 11) is 1.55. The maximum Gasteiger partial charge on any atom is 0.260 e. The van der Waals surface area contributed by atoms with Gasteiger partial charge in [0.25, 0.3) is 5.91 Å². The van der Waals surface area contributed by atoms with E-state index in [2.05, 4.69) is 10.5 Å². The average Bonchev–Trinajstić information content (AvgIpc) is 3.13. The van der Waals surface area contributed by atoms with Crippen LogP contribution < -0.4 is 10.1 Å². The van der Waals surface area contributed by atoms with E-state index < -0.39 is 0 Å². The number of hydrogen-bond donors (Lipinski definition) is 1. The molecule has 2 aromatic carbocycles. The fourth-order valence-corrected chi connectivity index (χ4v) is 3.25. The van der Waals surface area contributed by atoms with Gasteiger partial charge in [-0.2, -0.15) is 0 Å². The summed E-state index contributed by atoms with van der Waals surface area (Å²) in [6, 6.07) is 14.1. The Bertz CT molecular complexity index is 1060. The molecule has 3 rings (SSSR count). The normalized spacial score (nSPS) is 10.5. The molecule has 0 unspecified atom stereocenters. The third-order valence-corrected chi connectivity index (χ3v) is 4.89. The van der Waals surface area contributed by atoms with Gasteiger partial charge in [-0.3, -0.25) is 9.59 Å². The van der Waals surface area contributed by atoms with Gasteiger partial charge in [0.2, 0.25) is 5.91 Å². The molecule has 0 aliphatic heterocycles. The predicted molar refractivity (Wildman–Crippen MR) is 115 cm³/mol. The molecule has 0 spiro atoms. The van der Waals surface area contributed by atoms with Crippen LogP contribution in [0.25, 0.3) is 11.3 Å². The van der Waals surface area contributed by atoms with Crippen LogP contribution >= 0.6 is 11.6 Å². The van der Waals surface area contributed by atoms with Crippen molar-refractivity contribution in [1.29, 1.82) is 0 Å². The molecule has 8 heteroatoms. The number of rotatable bonds is 7. The van der Waals surface area contributed by atoms with Crippen molar-refractivity contribution < 1.29 is 18.8 Å². The van der Waals surface area contributed by atoms with Gasteiger partial charge in [0, 0.05) is 23.9 Å². The van der Waals surface area contributed by atoms with Crippen molar-refractivity contribution in [3.8, 4) is 17.0 Å². The number of carbonyl (C=O) groups excluding carboxylic acids is 2. The molecule has 1 heterocycles. The molecule has 30 heavy (non-hydrogen) atoms. The molecule has 0 radical (unpaired) electrons. The molecule has 0 aliphatic rings. The van der Waals surface area contributed by atoms with Crippen LogP contribution in [0.5, 0.6) is 5.75 Å². The van der Waals surface area contributed by atoms with Gasteiger partial charge >= 0.3 is 0 Å². The molecule has 3 aromatic rings. The largest absolute Gasteiger partial charge is 0.497 e. The second-order valence-corrected chi connectivity index (χ2v) is 6.95. The maximum absolute atomic E-state index is 13.2. The van der Waals surface area contributed by atoms with Crippen LogP contribution in [-0.2, 0) is 4.79 Å². The Balaban J connectivity index is 1.81. The first-order valence-electron chi connectivity index (χ1n) is 9.39. The summed E-state index contributed by atoms with van der Waals surface area (Å²) in [6.07, 6.45) is 0. The number of carbonyl (C=O) groups is 2. The molecule has 0 saturated heterocycles. The number of nitrogens with zero attached hydrogens (tertiary/aromatic N) is 2. The van der Waals surface area contributed by atoms with Gasteiger partial charge in [-0.25, -0.2) is 0 Å². The summed E-state index contributed by atoms with van der Waals surface area (Å²) < 4.78 is 10.4. The molecule has 156 valence electrons. The number of halogens is 1. The Morgan fingerprint density at radius 3 is 2.67 bits per heavy atom. The Kier molecular flexibility index (Phi) is 6.74. The third kappa shape index (κ3) is 4.63. The van der Waals surface area contributed by atoms with Crippen LogP contribution in [0.3, 0.4) is 0 Å². The standard InChI is InChI=1S/C22H22ClN3O4/c1-4-26(13-19(27)24-15-8-7-9-16(12-15)29-3)22(28)20-14(2)30-25-21(20)17-10-5-6-11-18(17)23/h5-12H,4,13H2,1-3H3,(H,24,27). The van der Waals surface area contributed by atoms with Gasteiger partial charge in [0.05, 0.1) is 12.1 Å². The van der Waals surface area contributed by atoms with Gasteiger partial charge in [0.1, 0.15) is 29.3 Å².